The van der Waals surface area contributed by atoms with Gasteiger partial charge < -0.3 is 15.2 Å². The van der Waals surface area contributed by atoms with Crippen LogP contribution in [0.1, 0.15) is 23.3 Å². The minimum Gasteiger partial charge on any atom is -0.480 e. The van der Waals surface area contributed by atoms with Gasteiger partial charge in [-0.1, -0.05) is 4.49 Å². The summed E-state index contributed by atoms with van der Waals surface area (Å²) in [6, 6.07) is -1.17. The van der Waals surface area contributed by atoms with Crippen molar-refractivity contribution >= 4 is 29.4 Å². The molecule has 1 aromatic heterocycles. The van der Waals surface area contributed by atoms with E-state index in [0.717, 1.165) is 11.5 Å². The Balaban J connectivity index is 2.55. The Hall–Kier alpha value is -2.03. The number of nitrogens with one attached hydrogen (secondary N) is 1. The number of carbonyl (C=O) groups excluding carboxylic acids is 2. The highest BCUT2D eigenvalue weighted by Gasteiger charge is 2.22. The quantitative estimate of drug-likeness (QED) is 0.681. The van der Waals surface area contributed by atoms with Crippen molar-refractivity contribution in [3.05, 3.63) is 11.1 Å². The van der Waals surface area contributed by atoms with Crippen molar-refractivity contribution in [3.63, 3.8) is 0 Å². The first-order valence-corrected chi connectivity index (χ1v) is 5.75. The molecule has 0 bridgehead atoms. The van der Waals surface area contributed by atoms with Crippen LogP contribution in [-0.4, -0.2) is 45.7 Å². The third-order valence-corrected chi connectivity index (χ3v) is 2.57. The predicted octanol–water partition coefficient (Wildman–Crippen LogP) is -0.326. The zero-order valence-electron chi connectivity index (χ0n) is 9.45. The summed E-state index contributed by atoms with van der Waals surface area (Å²) >= 11 is 0.982. The fourth-order valence-corrected chi connectivity index (χ4v) is 1.55. The molecule has 0 aromatic carbocycles. The Morgan fingerprint density at radius 2 is 2.28 bits per heavy atom. The van der Waals surface area contributed by atoms with Gasteiger partial charge >= 0.3 is 11.9 Å². The van der Waals surface area contributed by atoms with Crippen molar-refractivity contribution in [2.75, 3.05) is 7.11 Å². The van der Waals surface area contributed by atoms with Crippen molar-refractivity contribution in [1.29, 1.82) is 0 Å². The molecular formula is C9H11N3O5S. The van der Waals surface area contributed by atoms with Gasteiger partial charge in [0.05, 0.1) is 7.11 Å². The molecule has 0 aliphatic rings. The predicted molar refractivity (Wildman–Crippen MR) is 60.0 cm³/mol. The Morgan fingerprint density at radius 1 is 1.56 bits per heavy atom. The number of hydrogen-bond donors (Lipinski definition) is 2. The van der Waals surface area contributed by atoms with Crippen molar-refractivity contribution in [1.82, 2.24) is 14.9 Å². The van der Waals surface area contributed by atoms with E-state index in [1.54, 1.807) is 0 Å². The molecule has 18 heavy (non-hydrogen) atoms. The SMILES string of the molecule is COC(=O)CC[C@H](NC(=O)c1csnn1)C(=O)O. The van der Waals surface area contributed by atoms with E-state index in [-0.39, 0.29) is 18.5 Å². The van der Waals surface area contributed by atoms with E-state index in [9.17, 15) is 14.4 Å². The van der Waals surface area contributed by atoms with Crippen LogP contribution in [0.5, 0.6) is 0 Å². The van der Waals surface area contributed by atoms with E-state index in [2.05, 4.69) is 19.6 Å². The van der Waals surface area contributed by atoms with Crippen LogP contribution in [0.15, 0.2) is 5.38 Å². The fourth-order valence-electron chi connectivity index (χ4n) is 1.12. The standard InChI is InChI=1S/C9H11N3O5S/c1-17-7(13)3-2-5(9(15)16)10-8(14)6-4-18-12-11-6/h4-5H,2-3H2,1H3,(H,10,14)(H,15,16)/t5-/m0/s1. The van der Waals surface area contributed by atoms with Gasteiger partial charge in [-0.15, -0.1) is 5.10 Å². The molecule has 0 aliphatic carbocycles. The van der Waals surface area contributed by atoms with Gasteiger partial charge in [-0.25, -0.2) is 4.79 Å². The summed E-state index contributed by atoms with van der Waals surface area (Å²) in [5.41, 5.74) is 0.0457. The molecule has 9 heteroatoms. The van der Waals surface area contributed by atoms with Gasteiger partial charge in [0.15, 0.2) is 5.69 Å². The number of aromatic nitrogens is 2. The van der Waals surface area contributed by atoms with Gasteiger partial charge in [0.25, 0.3) is 5.91 Å². The Kier molecular flexibility index (Phi) is 5.18. The average molecular weight is 273 g/mol. The number of carboxylic acids is 1. The van der Waals surface area contributed by atoms with Gasteiger partial charge in [0.2, 0.25) is 0 Å². The molecule has 0 spiro atoms. The molecule has 1 aromatic rings. The highest BCUT2D eigenvalue weighted by molar-refractivity contribution is 7.03. The Labute approximate surface area is 106 Å². The molecule has 98 valence electrons. The van der Waals surface area contributed by atoms with E-state index in [0.29, 0.717) is 0 Å². The summed E-state index contributed by atoms with van der Waals surface area (Å²) in [7, 11) is 1.21. The molecule has 1 rings (SSSR count). The molecule has 1 heterocycles. The van der Waals surface area contributed by atoms with Crippen LogP contribution in [0.4, 0.5) is 0 Å². The molecule has 0 unspecified atom stereocenters. The van der Waals surface area contributed by atoms with Gasteiger partial charge in [-0.2, -0.15) is 0 Å². The number of carboxylic acid groups (broad SMARTS) is 1. The summed E-state index contributed by atoms with van der Waals surface area (Å²) in [6.07, 6.45) is -0.144. The molecule has 2 N–H and O–H groups in total. The van der Waals surface area contributed by atoms with Crippen LogP contribution in [0, 0.1) is 0 Å². The highest BCUT2D eigenvalue weighted by Crippen LogP contribution is 2.03. The number of aliphatic carboxylic acids is 1. The number of amides is 1. The summed E-state index contributed by atoms with van der Waals surface area (Å²) in [4.78, 5) is 33.4. The number of hydrogen-bond acceptors (Lipinski definition) is 7. The van der Waals surface area contributed by atoms with Gasteiger partial charge in [0.1, 0.15) is 6.04 Å². The van der Waals surface area contributed by atoms with Crippen LogP contribution in [0.2, 0.25) is 0 Å². The zero-order chi connectivity index (χ0) is 13.5. The normalized spacial score (nSPS) is 11.6. The first-order chi connectivity index (χ1) is 8.54. The monoisotopic (exact) mass is 273 g/mol. The zero-order valence-corrected chi connectivity index (χ0v) is 10.3. The van der Waals surface area contributed by atoms with E-state index < -0.39 is 23.9 Å². The molecule has 1 atom stereocenters. The minimum atomic E-state index is -1.23. The smallest absolute Gasteiger partial charge is 0.326 e. The van der Waals surface area contributed by atoms with Crippen molar-refractivity contribution in [2.45, 2.75) is 18.9 Å². The van der Waals surface area contributed by atoms with Crippen molar-refractivity contribution in [2.24, 2.45) is 0 Å². The van der Waals surface area contributed by atoms with Crippen LogP contribution in [0.25, 0.3) is 0 Å². The molecule has 0 fully saturated rings. The first kappa shape index (κ1) is 14.0. The van der Waals surface area contributed by atoms with Crippen LogP contribution in [-0.2, 0) is 14.3 Å². The largest absolute Gasteiger partial charge is 0.480 e. The van der Waals surface area contributed by atoms with Crippen molar-refractivity contribution in [3.8, 4) is 0 Å². The van der Waals surface area contributed by atoms with E-state index >= 15 is 0 Å². The molecule has 0 saturated carbocycles. The number of rotatable bonds is 6. The molecule has 8 nitrogen and oxygen atoms in total. The maximum absolute atomic E-state index is 11.5. The molecular weight excluding hydrogens is 262 g/mol. The summed E-state index contributed by atoms with van der Waals surface area (Å²) in [5.74, 6) is -2.40. The van der Waals surface area contributed by atoms with Crippen LogP contribution in [0.3, 0.4) is 0 Å². The summed E-state index contributed by atoms with van der Waals surface area (Å²) in [5, 5.41) is 16.1. The van der Waals surface area contributed by atoms with Gasteiger partial charge in [-0.05, 0) is 18.0 Å². The first-order valence-electron chi connectivity index (χ1n) is 4.92. The molecule has 0 radical (unpaired) electrons. The van der Waals surface area contributed by atoms with Crippen molar-refractivity contribution < 1.29 is 24.2 Å². The number of esters is 1. The molecule has 0 saturated heterocycles. The molecule has 0 aliphatic heterocycles. The minimum absolute atomic E-state index is 0.0457. The third kappa shape index (κ3) is 4.09. The second kappa shape index (κ2) is 6.64. The number of ether oxygens (including phenoxy) is 1. The summed E-state index contributed by atoms with van der Waals surface area (Å²) in [6.45, 7) is 0. The maximum atomic E-state index is 11.5. The molecule has 1 amide bonds. The number of nitrogens with zero attached hydrogens (tertiary/aromatic N) is 2. The van der Waals surface area contributed by atoms with Gasteiger partial charge in [0, 0.05) is 11.8 Å². The topological polar surface area (TPSA) is 118 Å². The maximum Gasteiger partial charge on any atom is 0.326 e. The second-order valence-electron chi connectivity index (χ2n) is 3.27. The highest BCUT2D eigenvalue weighted by atomic mass is 32.1. The Bertz CT molecular complexity index is 433. The summed E-state index contributed by atoms with van der Waals surface area (Å²) < 4.78 is 7.88. The average Bonchev–Trinajstić information content (AvgIpc) is 2.87. The number of carbonyl (C=O) groups is 3. The van der Waals surface area contributed by atoms with Crippen LogP contribution >= 0.6 is 11.5 Å². The van der Waals surface area contributed by atoms with Crippen LogP contribution < -0.4 is 5.32 Å². The lowest BCUT2D eigenvalue weighted by Crippen LogP contribution is -2.41. The fraction of sp³-hybridized carbons (Fsp3) is 0.444. The second-order valence-corrected chi connectivity index (χ2v) is 3.88. The number of methoxy groups -OCH3 is 1. The van der Waals surface area contributed by atoms with E-state index in [4.69, 9.17) is 5.11 Å². The van der Waals surface area contributed by atoms with E-state index in [1.807, 2.05) is 0 Å². The van der Waals surface area contributed by atoms with E-state index in [1.165, 1.54) is 12.5 Å². The lowest BCUT2D eigenvalue weighted by molar-refractivity contribution is -0.142. The third-order valence-electron chi connectivity index (χ3n) is 2.06. The lowest BCUT2D eigenvalue weighted by atomic mass is 10.1. The van der Waals surface area contributed by atoms with Gasteiger partial charge in [-0.3, -0.25) is 9.59 Å². The Morgan fingerprint density at radius 3 is 2.78 bits per heavy atom. The lowest BCUT2D eigenvalue weighted by Gasteiger charge is -2.12.